The molecule has 0 heterocycles. The van der Waals surface area contributed by atoms with Crippen molar-refractivity contribution in [2.24, 2.45) is 10.8 Å². The Labute approximate surface area is 149 Å². The average molecular weight is 345 g/mol. The van der Waals surface area contributed by atoms with Gasteiger partial charge in [-0.2, -0.15) is 0 Å². The van der Waals surface area contributed by atoms with E-state index in [-0.39, 0.29) is 16.9 Å². The molecule has 0 radical (unpaired) electrons. The van der Waals surface area contributed by atoms with E-state index >= 15 is 0 Å². The summed E-state index contributed by atoms with van der Waals surface area (Å²) in [5.74, 6) is 0. The monoisotopic (exact) mass is 344 g/mol. The Kier molecular flexibility index (Phi) is 12.6. The molecule has 0 N–H and O–H groups in total. The molecule has 0 saturated carbocycles. The van der Waals surface area contributed by atoms with E-state index in [1.165, 1.54) is 0 Å². The van der Waals surface area contributed by atoms with Crippen LogP contribution in [0.2, 0.25) is 0 Å². The van der Waals surface area contributed by atoms with Gasteiger partial charge in [0.1, 0.15) is 0 Å². The molecule has 0 saturated heterocycles. The normalized spacial score (nSPS) is 13.9. The van der Waals surface area contributed by atoms with Gasteiger partial charge in [-0.1, -0.05) is 40.7 Å². The van der Waals surface area contributed by atoms with Crippen LogP contribution in [0.4, 0.5) is 0 Å². The fourth-order valence-electron chi connectivity index (χ4n) is 2.70. The van der Waals surface area contributed by atoms with Crippen LogP contribution in [0, 0.1) is 10.8 Å². The summed E-state index contributed by atoms with van der Waals surface area (Å²) in [5.41, 5.74) is 0.471. The first kappa shape index (κ1) is 23.6. The van der Waals surface area contributed by atoms with Gasteiger partial charge in [-0.25, -0.2) is 0 Å². The highest BCUT2D eigenvalue weighted by Crippen LogP contribution is 2.33. The van der Waals surface area contributed by atoms with Crippen LogP contribution in [0.3, 0.4) is 0 Å². The fourth-order valence-corrected chi connectivity index (χ4v) is 2.70. The van der Waals surface area contributed by atoms with Gasteiger partial charge in [0.05, 0.1) is 45.7 Å². The molecule has 1 atom stereocenters. The predicted molar refractivity (Wildman–Crippen MR) is 101 cm³/mol. The number of hydrogen-bond donors (Lipinski definition) is 0. The van der Waals surface area contributed by atoms with Gasteiger partial charge >= 0.3 is 0 Å². The zero-order valence-corrected chi connectivity index (χ0v) is 16.9. The van der Waals surface area contributed by atoms with Crippen LogP contribution < -0.4 is 0 Å². The quantitative estimate of drug-likeness (QED) is 0.324. The molecule has 0 aromatic heterocycles. The highest BCUT2D eigenvalue weighted by atomic mass is 16.6. The van der Waals surface area contributed by atoms with Crippen molar-refractivity contribution < 1.29 is 18.9 Å². The zero-order valence-electron chi connectivity index (χ0n) is 16.9. The molecule has 0 aliphatic heterocycles. The Hall–Kier alpha value is -0.420. The smallest absolute Gasteiger partial charge is 0.0704 e. The summed E-state index contributed by atoms with van der Waals surface area (Å²) in [4.78, 5) is 0. The minimum Gasteiger partial charge on any atom is -0.382 e. The fraction of sp³-hybridized carbons (Fsp3) is 0.900. The Morgan fingerprint density at radius 3 is 1.88 bits per heavy atom. The number of methoxy groups -OCH3 is 1. The minimum atomic E-state index is 0.216. The number of allylic oxidation sites excluding steroid dienone is 1. The first-order chi connectivity index (χ1) is 11.2. The average Bonchev–Trinajstić information content (AvgIpc) is 2.43. The maximum atomic E-state index is 6.13. The summed E-state index contributed by atoms with van der Waals surface area (Å²) in [6, 6.07) is 0. The Morgan fingerprint density at radius 2 is 1.38 bits per heavy atom. The standard InChI is InChI=1S/C20H40O4/c1-8-9-20(5,6)17-18(16-19(2,3)4)24-15-14-23-13-12-22-11-10-21-7/h8,18H,1,9-17H2,2-7H3. The van der Waals surface area contributed by atoms with Gasteiger partial charge < -0.3 is 18.9 Å². The second-order valence-corrected chi connectivity index (χ2v) is 8.34. The van der Waals surface area contributed by atoms with Gasteiger partial charge in [0, 0.05) is 7.11 Å². The van der Waals surface area contributed by atoms with E-state index in [0.717, 1.165) is 19.3 Å². The van der Waals surface area contributed by atoms with Crippen LogP contribution in [0.25, 0.3) is 0 Å². The van der Waals surface area contributed by atoms with Crippen LogP contribution in [0.5, 0.6) is 0 Å². The molecule has 24 heavy (non-hydrogen) atoms. The predicted octanol–water partition coefficient (Wildman–Crippen LogP) is 4.48. The van der Waals surface area contributed by atoms with E-state index in [1.807, 2.05) is 6.08 Å². The molecule has 0 amide bonds. The lowest BCUT2D eigenvalue weighted by atomic mass is 9.79. The topological polar surface area (TPSA) is 36.9 Å². The van der Waals surface area contributed by atoms with E-state index in [0.29, 0.717) is 39.6 Å². The molecule has 0 spiro atoms. The van der Waals surface area contributed by atoms with Gasteiger partial charge in [-0.3, -0.25) is 0 Å². The molecule has 144 valence electrons. The number of rotatable bonds is 15. The van der Waals surface area contributed by atoms with Crippen LogP contribution >= 0.6 is 0 Å². The second kappa shape index (κ2) is 12.9. The molecule has 0 bridgehead atoms. The minimum absolute atomic E-state index is 0.216. The Morgan fingerprint density at radius 1 is 0.833 bits per heavy atom. The zero-order chi connectivity index (χ0) is 18.5. The first-order valence-electron chi connectivity index (χ1n) is 9.07. The largest absolute Gasteiger partial charge is 0.382 e. The van der Waals surface area contributed by atoms with Crippen molar-refractivity contribution >= 4 is 0 Å². The second-order valence-electron chi connectivity index (χ2n) is 8.34. The third-order valence-electron chi connectivity index (χ3n) is 3.70. The van der Waals surface area contributed by atoms with Crippen LogP contribution in [0.15, 0.2) is 12.7 Å². The van der Waals surface area contributed by atoms with Crippen molar-refractivity contribution in [2.75, 3.05) is 46.8 Å². The van der Waals surface area contributed by atoms with Crippen molar-refractivity contribution in [1.29, 1.82) is 0 Å². The van der Waals surface area contributed by atoms with Gasteiger partial charge in [0.25, 0.3) is 0 Å². The van der Waals surface area contributed by atoms with Crippen molar-refractivity contribution in [3.63, 3.8) is 0 Å². The lowest BCUT2D eigenvalue weighted by Gasteiger charge is -2.32. The summed E-state index contributed by atoms with van der Waals surface area (Å²) in [6.07, 6.45) is 5.35. The summed E-state index contributed by atoms with van der Waals surface area (Å²) < 4.78 is 22.0. The van der Waals surface area contributed by atoms with E-state index in [2.05, 4.69) is 41.2 Å². The maximum Gasteiger partial charge on any atom is 0.0704 e. The highest BCUT2D eigenvalue weighted by Gasteiger charge is 2.26. The van der Waals surface area contributed by atoms with Gasteiger partial charge in [0.2, 0.25) is 0 Å². The maximum absolute atomic E-state index is 6.13. The summed E-state index contributed by atoms with van der Waals surface area (Å²) in [7, 11) is 1.67. The van der Waals surface area contributed by atoms with Crippen molar-refractivity contribution in [3.05, 3.63) is 12.7 Å². The Bertz CT molecular complexity index is 307. The van der Waals surface area contributed by atoms with Gasteiger partial charge in [-0.15, -0.1) is 6.58 Å². The van der Waals surface area contributed by atoms with Crippen molar-refractivity contribution in [3.8, 4) is 0 Å². The third kappa shape index (κ3) is 15.1. The van der Waals surface area contributed by atoms with E-state index in [9.17, 15) is 0 Å². The summed E-state index contributed by atoms with van der Waals surface area (Å²) >= 11 is 0. The molecule has 4 nitrogen and oxygen atoms in total. The molecule has 4 heteroatoms. The van der Waals surface area contributed by atoms with E-state index in [4.69, 9.17) is 18.9 Å². The summed E-state index contributed by atoms with van der Waals surface area (Å²) in [5, 5.41) is 0. The molecule has 0 aromatic carbocycles. The molecule has 0 aromatic rings. The lowest BCUT2D eigenvalue weighted by Crippen LogP contribution is -2.28. The van der Waals surface area contributed by atoms with E-state index in [1.54, 1.807) is 7.11 Å². The van der Waals surface area contributed by atoms with E-state index < -0.39 is 0 Å². The van der Waals surface area contributed by atoms with Crippen molar-refractivity contribution in [1.82, 2.24) is 0 Å². The SMILES string of the molecule is C=CCC(C)(C)CC(CC(C)(C)C)OCCOCCOCCOC. The highest BCUT2D eigenvalue weighted by molar-refractivity contribution is 4.83. The third-order valence-corrected chi connectivity index (χ3v) is 3.70. The first-order valence-corrected chi connectivity index (χ1v) is 9.07. The number of ether oxygens (including phenoxy) is 4. The van der Waals surface area contributed by atoms with Crippen molar-refractivity contribution in [2.45, 2.75) is 60.0 Å². The Balaban J connectivity index is 4.03. The lowest BCUT2D eigenvalue weighted by molar-refractivity contribution is -0.0389. The van der Waals surface area contributed by atoms with Gasteiger partial charge in [0.15, 0.2) is 0 Å². The molecule has 1 unspecified atom stereocenters. The van der Waals surface area contributed by atoms with Gasteiger partial charge in [-0.05, 0) is 30.1 Å². The molecule has 0 aliphatic carbocycles. The summed E-state index contributed by atoms with van der Waals surface area (Å²) in [6.45, 7) is 18.9. The molecule has 0 rings (SSSR count). The molecule has 0 fully saturated rings. The molecule has 0 aliphatic rings. The van der Waals surface area contributed by atoms with Crippen LogP contribution in [-0.4, -0.2) is 52.9 Å². The van der Waals surface area contributed by atoms with Crippen LogP contribution in [-0.2, 0) is 18.9 Å². The molecular weight excluding hydrogens is 304 g/mol. The number of hydrogen-bond acceptors (Lipinski definition) is 4. The van der Waals surface area contributed by atoms with Crippen LogP contribution in [0.1, 0.15) is 53.9 Å². The molecular formula is C20H40O4.